The molecule has 114 valence electrons. The summed E-state index contributed by atoms with van der Waals surface area (Å²) < 4.78 is 16.6. The molecule has 1 aromatic carbocycles. The summed E-state index contributed by atoms with van der Waals surface area (Å²) >= 11 is 3.52. The second-order valence-electron chi connectivity index (χ2n) is 4.42. The van der Waals surface area contributed by atoms with Gasteiger partial charge in [-0.15, -0.1) is 0 Å². The Morgan fingerprint density at radius 2 is 2.24 bits per heavy atom. The Morgan fingerprint density at radius 3 is 2.90 bits per heavy atom. The van der Waals surface area contributed by atoms with Crippen LogP contribution in [0, 0.1) is 0 Å². The normalized spacial score (nSPS) is 10.6. The fourth-order valence-electron chi connectivity index (χ4n) is 1.82. The summed E-state index contributed by atoms with van der Waals surface area (Å²) in [7, 11) is 1.62. The first-order valence-corrected chi connectivity index (χ1v) is 7.49. The van der Waals surface area contributed by atoms with Crippen LogP contribution < -0.4 is 14.8 Å². The number of benzene rings is 1. The van der Waals surface area contributed by atoms with Gasteiger partial charge in [-0.2, -0.15) is 4.98 Å². The molecule has 0 aliphatic heterocycles. The van der Waals surface area contributed by atoms with E-state index in [0.29, 0.717) is 17.3 Å². The van der Waals surface area contributed by atoms with Gasteiger partial charge < -0.3 is 19.3 Å². The van der Waals surface area contributed by atoms with Gasteiger partial charge in [-0.3, -0.25) is 0 Å². The van der Waals surface area contributed by atoms with Crippen LogP contribution in [0.5, 0.6) is 11.5 Å². The van der Waals surface area contributed by atoms with Gasteiger partial charge in [-0.05, 0) is 46.6 Å². The van der Waals surface area contributed by atoms with Crippen LogP contribution in [0.15, 0.2) is 27.5 Å². The van der Waals surface area contributed by atoms with Gasteiger partial charge in [0.1, 0.15) is 0 Å². The number of hydrogen-bond donors (Lipinski definition) is 1. The molecule has 0 unspecified atom stereocenters. The van der Waals surface area contributed by atoms with E-state index in [2.05, 4.69) is 42.8 Å². The Labute approximate surface area is 132 Å². The molecule has 0 saturated carbocycles. The van der Waals surface area contributed by atoms with Crippen molar-refractivity contribution in [2.75, 3.05) is 13.7 Å². The minimum Gasteiger partial charge on any atom is -0.493 e. The van der Waals surface area contributed by atoms with Crippen molar-refractivity contribution in [2.24, 2.45) is 0 Å². The molecular formula is C14H18BrN3O3. The van der Waals surface area contributed by atoms with E-state index in [0.717, 1.165) is 29.5 Å². The zero-order chi connectivity index (χ0) is 15.1. The van der Waals surface area contributed by atoms with Crippen molar-refractivity contribution < 1.29 is 14.0 Å². The van der Waals surface area contributed by atoms with Crippen molar-refractivity contribution in [3.05, 3.63) is 34.4 Å². The molecule has 6 nitrogen and oxygen atoms in total. The first-order valence-electron chi connectivity index (χ1n) is 6.69. The van der Waals surface area contributed by atoms with Gasteiger partial charge in [0.2, 0.25) is 12.2 Å². The molecule has 0 atom stereocenters. The summed E-state index contributed by atoms with van der Waals surface area (Å²) in [6, 6.07) is 3.97. The number of nitrogens with one attached hydrogen (secondary N) is 1. The second kappa shape index (κ2) is 7.99. The molecule has 0 radical (unpaired) electrons. The van der Waals surface area contributed by atoms with Gasteiger partial charge in [-0.1, -0.05) is 12.1 Å². The molecule has 0 amide bonds. The van der Waals surface area contributed by atoms with E-state index >= 15 is 0 Å². The first kappa shape index (κ1) is 15.8. The Bertz CT molecular complexity index is 561. The van der Waals surface area contributed by atoms with Crippen molar-refractivity contribution in [1.82, 2.24) is 15.5 Å². The van der Waals surface area contributed by atoms with Crippen molar-refractivity contribution in [2.45, 2.75) is 26.5 Å². The smallest absolute Gasteiger partial charge is 0.213 e. The Kier molecular flexibility index (Phi) is 6.01. The van der Waals surface area contributed by atoms with E-state index in [9.17, 15) is 0 Å². The maximum Gasteiger partial charge on any atom is 0.213 e. The largest absolute Gasteiger partial charge is 0.493 e. The topological polar surface area (TPSA) is 69.4 Å². The standard InChI is InChI=1S/C14H18BrN3O3/c1-3-4-16-7-10-5-11(15)14(12(6-10)19-2)20-8-13-17-9-21-18-13/h5-6,9,16H,3-4,7-8H2,1-2H3. The van der Waals surface area contributed by atoms with Crippen LogP contribution in [0.25, 0.3) is 0 Å². The van der Waals surface area contributed by atoms with E-state index in [1.165, 1.54) is 6.39 Å². The molecule has 0 bridgehead atoms. The van der Waals surface area contributed by atoms with Gasteiger partial charge >= 0.3 is 0 Å². The van der Waals surface area contributed by atoms with Crippen LogP contribution in [0.3, 0.4) is 0 Å². The number of halogens is 1. The maximum absolute atomic E-state index is 5.71. The fraction of sp³-hybridized carbons (Fsp3) is 0.429. The predicted octanol–water partition coefficient (Wildman–Crippen LogP) is 2.92. The van der Waals surface area contributed by atoms with Crippen LogP contribution in [0.2, 0.25) is 0 Å². The number of ether oxygens (including phenoxy) is 2. The van der Waals surface area contributed by atoms with Crippen molar-refractivity contribution in [1.29, 1.82) is 0 Å². The van der Waals surface area contributed by atoms with E-state index in [4.69, 9.17) is 9.47 Å². The van der Waals surface area contributed by atoms with Crippen molar-refractivity contribution in [3.8, 4) is 11.5 Å². The average Bonchev–Trinajstić information content (AvgIpc) is 2.99. The zero-order valence-electron chi connectivity index (χ0n) is 12.1. The molecule has 21 heavy (non-hydrogen) atoms. The quantitative estimate of drug-likeness (QED) is 0.734. The van der Waals surface area contributed by atoms with Crippen molar-refractivity contribution >= 4 is 15.9 Å². The number of nitrogens with zero attached hydrogens (tertiary/aromatic N) is 2. The van der Waals surface area contributed by atoms with E-state index in [1.54, 1.807) is 7.11 Å². The summed E-state index contributed by atoms with van der Waals surface area (Å²) in [6.45, 7) is 4.13. The SMILES string of the molecule is CCCNCc1cc(Br)c(OCc2ncon2)c(OC)c1. The highest BCUT2D eigenvalue weighted by Gasteiger charge is 2.13. The van der Waals surface area contributed by atoms with E-state index in [1.807, 2.05) is 12.1 Å². The molecule has 0 aliphatic carbocycles. The van der Waals surface area contributed by atoms with Crippen LogP contribution in [0.4, 0.5) is 0 Å². The third-order valence-corrected chi connectivity index (χ3v) is 3.39. The molecule has 7 heteroatoms. The van der Waals surface area contributed by atoms with Gasteiger partial charge in [0.05, 0.1) is 11.6 Å². The van der Waals surface area contributed by atoms with Crippen LogP contribution in [0.1, 0.15) is 24.7 Å². The Morgan fingerprint density at radius 1 is 1.38 bits per heavy atom. The third-order valence-electron chi connectivity index (χ3n) is 2.80. The number of aromatic nitrogens is 2. The molecule has 2 aromatic rings. The maximum atomic E-state index is 5.71. The molecule has 0 spiro atoms. The highest BCUT2D eigenvalue weighted by atomic mass is 79.9. The summed E-state index contributed by atoms with van der Waals surface area (Å²) in [5.74, 6) is 1.78. The van der Waals surface area contributed by atoms with Gasteiger partial charge in [0.25, 0.3) is 0 Å². The average molecular weight is 356 g/mol. The fourth-order valence-corrected chi connectivity index (χ4v) is 2.42. The minimum absolute atomic E-state index is 0.221. The molecule has 1 heterocycles. The lowest BCUT2D eigenvalue weighted by molar-refractivity contribution is 0.268. The van der Waals surface area contributed by atoms with Crippen LogP contribution in [-0.4, -0.2) is 23.8 Å². The number of hydrogen-bond acceptors (Lipinski definition) is 6. The molecular weight excluding hydrogens is 338 g/mol. The molecule has 1 aromatic heterocycles. The highest BCUT2D eigenvalue weighted by Crippen LogP contribution is 2.37. The van der Waals surface area contributed by atoms with Gasteiger partial charge in [0.15, 0.2) is 18.1 Å². The zero-order valence-corrected chi connectivity index (χ0v) is 13.6. The van der Waals surface area contributed by atoms with Gasteiger partial charge in [-0.25, -0.2) is 0 Å². The number of methoxy groups -OCH3 is 1. The van der Waals surface area contributed by atoms with Crippen molar-refractivity contribution in [3.63, 3.8) is 0 Å². The lowest BCUT2D eigenvalue weighted by Crippen LogP contribution is -2.14. The van der Waals surface area contributed by atoms with Gasteiger partial charge in [0, 0.05) is 6.54 Å². The lowest BCUT2D eigenvalue weighted by Gasteiger charge is -2.14. The lowest BCUT2D eigenvalue weighted by atomic mass is 10.2. The summed E-state index contributed by atoms with van der Waals surface area (Å²) in [4.78, 5) is 3.92. The first-order chi connectivity index (χ1) is 10.2. The number of rotatable bonds is 8. The predicted molar refractivity (Wildman–Crippen MR) is 81.3 cm³/mol. The van der Waals surface area contributed by atoms with Crippen LogP contribution in [-0.2, 0) is 13.2 Å². The molecule has 1 N–H and O–H groups in total. The summed E-state index contributed by atoms with van der Waals surface area (Å²) in [5, 5.41) is 7.06. The molecule has 2 rings (SSSR count). The molecule has 0 fully saturated rings. The molecule has 0 saturated heterocycles. The van der Waals surface area contributed by atoms with E-state index < -0.39 is 0 Å². The monoisotopic (exact) mass is 355 g/mol. The summed E-state index contributed by atoms with van der Waals surface area (Å²) in [5.41, 5.74) is 1.12. The van der Waals surface area contributed by atoms with E-state index in [-0.39, 0.29) is 6.61 Å². The Balaban J connectivity index is 2.09. The Hall–Kier alpha value is -1.60. The third kappa shape index (κ3) is 4.44. The molecule has 0 aliphatic rings. The highest BCUT2D eigenvalue weighted by molar-refractivity contribution is 9.10. The second-order valence-corrected chi connectivity index (χ2v) is 5.28. The minimum atomic E-state index is 0.221. The summed E-state index contributed by atoms with van der Waals surface area (Å²) in [6.07, 6.45) is 2.37. The van der Waals surface area contributed by atoms with Crippen LogP contribution >= 0.6 is 15.9 Å².